The summed E-state index contributed by atoms with van der Waals surface area (Å²) in [5.41, 5.74) is 0.127. The lowest BCUT2D eigenvalue weighted by Crippen LogP contribution is -2.30. The number of amides is 1. The summed E-state index contributed by atoms with van der Waals surface area (Å²) < 4.78 is 14.2. The molecular formula is C11H9BrFNO3. The number of hydrogen-bond donors (Lipinski definition) is 1. The summed E-state index contributed by atoms with van der Waals surface area (Å²) in [4.78, 5) is 23.7. The van der Waals surface area contributed by atoms with Gasteiger partial charge in [-0.2, -0.15) is 0 Å². The first kappa shape index (κ1) is 12.0. The Kier molecular flexibility index (Phi) is 3.15. The molecule has 0 aliphatic carbocycles. The molecule has 1 saturated heterocycles. The fourth-order valence-electron chi connectivity index (χ4n) is 1.85. The van der Waals surface area contributed by atoms with Gasteiger partial charge in [0.25, 0.3) is 0 Å². The number of nitrogens with zero attached hydrogens (tertiary/aromatic N) is 1. The van der Waals surface area contributed by atoms with Gasteiger partial charge in [-0.1, -0.05) is 15.9 Å². The van der Waals surface area contributed by atoms with E-state index < -0.39 is 23.6 Å². The van der Waals surface area contributed by atoms with Crippen molar-refractivity contribution in [1.82, 2.24) is 0 Å². The van der Waals surface area contributed by atoms with Crippen molar-refractivity contribution in [3.63, 3.8) is 0 Å². The Bertz CT molecular complexity index is 492. The second-order valence-corrected chi connectivity index (χ2v) is 4.68. The standard InChI is InChI=1S/C11H9BrFNO3/c12-6-1-2-9(8(13)5-6)14-4-3-7(10(14)15)11(16)17/h1-2,5,7H,3-4H2,(H,16,17). The van der Waals surface area contributed by atoms with E-state index in [1.807, 2.05) is 0 Å². The number of aliphatic carboxylic acids is 1. The number of hydrogen-bond acceptors (Lipinski definition) is 2. The normalized spacial score (nSPS) is 19.8. The van der Waals surface area contributed by atoms with Crippen molar-refractivity contribution in [3.8, 4) is 0 Å². The number of carboxylic acid groups (broad SMARTS) is 1. The van der Waals surface area contributed by atoms with Crippen molar-refractivity contribution in [2.45, 2.75) is 6.42 Å². The highest BCUT2D eigenvalue weighted by molar-refractivity contribution is 9.10. The van der Waals surface area contributed by atoms with Crippen LogP contribution in [0.5, 0.6) is 0 Å². The third kappa shape index (κ3) is 2.17. The predicted molar refractivity (Wildman–Crippen MR) is 62.2 cm³/mol. The predicted octanol–water partition coefficient (Wildman–Crippen LogP) is 2.03. The number of anilines is 1. The summed E-state index contributed by atoms with van der Waals surface area (Å²) >= 11 is 3.12. The highest BCUT2D eigenvalue weighted by Crippen LogP contribution is 2.29. The molecule has 1 aliphatic heterocycles. The molecule has 0 aromatic heterocycles. The van der Waals surface area contributed by atoms with Crippen molar-refractivity contribution >= 4 is 33.5 Å². The molecule has 1 heterocycles. The van der Waals surface area contributed by atoms with Crippen molar-refractivity contribution < 1.29 is 19.1 Å². The first-order valence-electron chi connectivity index (χ1n) is 5.00. The monoisotopic (exact) mass is 301 g/mol. The number of carboxylic acids is 1. The molecule has 17 heavy (non-hydrogen) atoms. The van der Waals surface area contributed by atoms with Crippen molar-refractivity contribution in [1.29, 1.82) is 0 Å². The van der Waals surface area contributed by atoms with Crippen LogP contribution in [0.1, 0.15) is 6.42 Å². The number of benzene rings is 1. The summed E-state index contributed by atoms with van der Waals surface area (Å²) in [6.45, 7) is 0.231. The van der Waals surface area contributed by atoms with E-state index in [2.05, 4.69) is 15.9 Å². The van der Waals surface area contributed by atoms with Crippen LogP contribution in [0.25, 0.3) is 0 Å². The van der Waals surface area contributed by atoms with Crippen molar-refractivity contribution in [3.05, 3.63) is 28.5 Å². The van der Waals surface area contributed by atoms with Crippen LogP contribution in [-0.2, 0) is 9.59 Å². The quantitative estimate of drug-likeness (QED) is 0.850. The van der Waals surface area contributed by atoms with E-state index in [1.165, 1.54) is 17.0 Å². The Morgan fingerprint density at radius 2 is 2.24 bits per heavy atom. The van der Waals surface area contributed by atoms with Gasteiger partial charge in [0.1, 0.15) is 11.7 Å². The van der Waals surface area contributed by atoms with E-state index in [0.29, 0.717) is 4.47 Å². The van der Waals surface area contributed by atoms with Gasteiger partial charge in [0.2, 0.25) is 5.91 Å². The van der Waals surface area contributed by atoms with E-state index in [0.717, 1.165) is 0 Å². The molecule has 2 rings (SSSR count). The fraction of sp³-hybridized carbons (Fsp3) is 0.273. The van der Waals surface area contributed by atoms with Gasteiger partial charge in [0.15, 0.2) is 0 Å². The van der Waals surface area contributed by atoms with E-state index in [9.17, 15) is 14.0 Å². The number of carbonyl (C=O) groups is 2. The number of rotatable bonds is 2. The summed E-state index contributed by atoms with van der Waals surface area (Å²) in [5, 5.41) is 8.81. The van der Waals surface area contributed by atoms with E-state index in [-0.39, 0.29) is 18.7 Å². The lowest BCUT2D eigenvalue weighted by molar-refractivity contribution is -0.144. The third-order valence-electron chi connectivity index (χ3n) is 2.70. The zero-order valence-electron chi connectivity index (χ0n) is 8.69. The zero-order valence-corrected chi connectivity index (χ0v) is 10.3. The largest absolute Gasteiger partial charge is 0.481 e. The lowest BCUT2D eigenvalue weighted by atomic mass is 10.1. The zero-order chi connectivity index (χ0) is 12.6. The Balaban J connectivity index is 2.30. The average molecular weight is 302 g/mol. The van der Waals surface area contributed by atoms with Gasteiger partial charge in [-0.15, -0.1) is 0 Å². The summed E-state index contributed by atoms with van der Waals surface area (Å²) in [6, 6.07) is 4.32. The Labute approximate surface area is 105 Å². The van der Waals surface area contributed by atoms with Gasteiger partial charge in [0, 0.05) is 11.0 Å². The second-order valence-electron chi connectivity index (χ2n) is 3.77. The van der Waals surface area contributed by atoms with E-state index in [1.54, 1.807) is 6.07 Å². The highest BCUT2D eigenvalue weighted by Gasteiger charge is 2.38. The molecule has 1 amide bonds. The van der Waals surface area contributed by atoms with Gasteiger partial charge in [0.05, 0.1) is 5.69 Å². The Morgan fingerprint density at radius 3 is 2.76 bits per heavy atom. The van der Waals surface area contributed by atoms with Gasteiger partial charge in [-0.3, -0.25) is 9.59 Å². The molecule has 1 aromatic rings. The van der Waals surface area contributed by atoms with Crippen LogP contribution in [0.3, 0.4) is 0 Å². The van der Waals surface area contributed by atoms with Crippen molar-refractivity contribution in [2.24, 2.45) is 5.92 Å². The third-order valence-corrected chi connectivity index (χ3v) is 3.20. The van der Waals surface area contributed by atoms with E-state index in [4.69, 9.17) is 5.11 Å². The van der Waals surface area contributed by atoms with Crippen LogP contribution >= 0.6 is 15.9 Å². The Morgan fingerprint density at radius 1 is 1.53 bits per heavy atom. The molecule has 1 N–H and O–H groups in total. The van der Waals surface area contributed by atoms with Crippen LogP contribution in [0.4, 0.5) is 10.1 Å². The first-order chi connectivity index (χ1) is 8.00. The average Bonchev–Trinajstić information content (AvgIpc) is 2.60. The minimum Gasteiger partial charge on any atom is -0.481 e. The molecule has 6 heteroatoms. The molecule has 0 radical (unpaired) electrons. The molecule has 4 nitrogen and oxygen atoms in total. The van der Waals surface area contributed by atoms with Crippen LogP contribution in [0.2, 0.25) is 0 Å². The van der Waals surface area contributed by atoms with Crippen LogP contribution in [0.15, 0.2) is 22.7 Å². The molecular weight excluding hydrogens is 293 g/mol. The van der Waals surface area contributed by atoms with Crippen molar-refractivity contribution in [2.75, 3.05) is 11.4 Å². The number of carbonyl (C=O) groups excluding carboxylic acids is 1. The molecule has 1 aliphatic rings. The second kappa shape index (κ2) is 4.44. The molecule has 1 fully saturated rings. The molecule has 90 valence electrons. The minimum atomic E-state index is -1.16. The minimum absolute atomic E-state index is 0.127. The summed E-state index contributed by atoms with van der Waals surface area (Å²) in [5.74, 6) is -3.31. The summed E-state index contributed by atoms with van der Waals surface area (Å²) in [7, 11) is 0. The molecule has 1 unspecified atom stereocenters. The van der Waals surface area contributed by atoms with Gasteiger partial charge in [-0.25, -0.2) is 4.39 Å². The van der Waals surface area contributed by atoms with Gasteiger partial charge < -0.3 is 10.0 Å². The molecule has 1 atom stereocenters. The maximum absolute atomic E-state index is 13.6. The first-order valence-corrected chi connectivity index (χ1v) is 5.79. The number of halogens is 2. The molecule has 1 aromatic carbocycles. The lowest BCUT2D eigenvalue weighted by Gasteiger charge is -2.16. The highest BCUT2D eigenvalue weighted by atomic mass is 79.9. The van der Waals surface area contributed by atoms with Crippen LogP contribution in [-0.4, -0.2) is 23.5 Å². The smallest absolute Gasteiger partial charge is 0.316 e. The van der Waals surface area contributed by atoms with Crippen LogP contribution < -0.4 is 4.90 Å². The maximum atomic E-state index is 13.6. The van der Waals surface area contributed by atoms with Crippen LogP contribution in [0, 0.1) is 11.7 Å². The maximum Gasteiger partial charge on any atom is 0.316 e. The van der Waals surface area contributed by atoms with Gasteiger partial charge >= 0.3 is 5.97 Å². The fourth-order valence-corrected chi connectivity index (χ4v) is 2.18. The summed E-state index contributed by atoms with van der Waals surface area (Å²) in [6.07, 6.45) is 0.212. The van der Waals surface area contributed by atoms with E-state index >= 15 is 0 Å². The topological polar surface area (TPSA) is 57.6 Å². The Hall–Kier alpha value is -1.43. The van der Waals surface area contributed by atoms with Gasteiger partial charge in [-0.05, 0) is 24.6 Å². The SMILES string of the molecule is O=C(O)C1CCN(c2ccc(Br)cc2F)C1=O. The molecule has 0 saturated carbocycles. The molecule has 0 bridgehead atoms. The molecule has 0 spiro atoms.